The Morgan fingerprint density at radius 1 is 1.12 bits per heavy atom. The molecule has 1 aliphatic rings. The number of fused-ring (bicyclic) bond motifs is 1. The second-order valence-corrected chi connectivity index (χ2v) is 7.29. The SMILES string of the molecule is CC1=CC(C)(C)N(C(=O)c2ccc(Cl)cc2Cl)c2ccc(O)cc21. The van der Waals surface area contributed by atoms with Crippen molar-refractivity contribution < 1.29 is 9.90 Å². The third-order valence-corrected chi connectivity index (χ3v) is 4.70. The molecule has 5 heteroatoms. The Morgan fingerprint density at radius 2 is 1.83 bits per heavy atom. The van der Waals surface area contributed by atoms with Gasteiger partial charge < -0.3 is 5.11 Å². The fourth-order valence-electron chi connectivity index (χ4n) is 3.17. The molecule has 3 nitrogen and oxygen atoms in total. The minimum absolute atomic E-state index is 0.165. The summed E-state index contributed by atoms with van der Waals surface area (Å²) in [6.45, 7) is 5.90. The number of halogens is 2. The second-order valence-electron chi connectivity index (χ2n) is 6.45. The Hall–Kier alpha value is -1.97. The number of benzene rings is 2. The van der Waals surface area contributed by atoms with Gasteiger partial charge in [-0.25, -0.2) is 0 Å². The summed E-state index contributed by atoms with van der Waals surface area (Å²) in [7, 11) is 0. The maximum absolute atomic E-state index is 13.2. The molecule has 2 aromatic carbocycles. The third kappa shape index (κ3) is 2.79. The third-order valence-electron chi connectivity index (χ3n) is 4.16. The smallest absolute Gasteiger partial charge is 0.260 e. The van der Waals surface area contributed by atoms with Crippen molar-refractivity contribution in [2.75, 3.05) is 4.90 Å². The number of anilines is 1. The zero-order valence-electron chi connectivity index (χ0n) is 13.6. The molecule has 3 rings (SSSR count). The molecular weight excluding hydrogens is 345 g/mol. The van der Waals surface area contributed by atoms with E-state index in [9.17, 15) is 9.90 Å². The van der Waals surface area contributed by atoms with Crippen LogP contribution in [0, 0.1) is 0 Å². The molecule has 0 atom stereocenters. The van der Waals surface area contributed by atoms with Crippen LogP contribution in [0.3, 0.4) is 0 Å². The zero-order valence-corrected chi connectivity index (χ0v) is 15.1. The summed E-state index contributed by atoms with van der Waals surface area (Å²) in [6, 6.07) is 9.85. The highest BCUT2D eigenvalue weighted by Gasteiger charge is 2.37. The van der Waals surface area contributed by atoms with Crippen molar-refractivity contribution in [3.8, 4) is 5.75 Å². The lowest BCUT2D eigenvalue weighted by Crippen LogP contribution is -2.49. The standard InChI is InChI=1S/C19H17Cl2NO2/c1-11-10-19(2,3)22(17-7-5-13(23)9-15(11)17)18(24)14-6-4-12(20)8-16(14)21/h4-10,23H,1-3H3. The van der Waals surface area contributed by atoms with Crippen molar-refractivity contribution in [2.45, 2.75) is 26.3 Å². The van der Waals surface area contributed by atoms with Crippen molar-refractivity contribution in [2.24, 2.45) is 0 Å². The Kier molecular flexibility index (Phi) is 4.10. The van der Waals surface area contributed by atoms with Gasteiger partial charge in [-0.3, -0.25) is 9.69 Å². The number of phenolic OH excluding ortho intramolecular Hbond substituents is 1. The molecule has 24 heavy (non-hydrogen) atoms. The van der Waals surface area contributed by atoms with Gasteiger partial charge in [-0.05, 0) is 62.7 Å². The van der Waals surface area contributed by atoms with Crippen LogP contribution in [0.4, 0.5) is 5.69 Å². The Balaban J connectivity index is 2.17. The van der Waals surface area contributed by atoms with Crippen LogP contribution in [0.25, 0.3) is 5.57 Å². The van der Waals surface area contributed by atoms with E-state index in [1.54, 1.807) is 41.3 Å². The van der Waals surface area contributed by atoms with Gasteiger partial charge in [0.25, 0.3) is 5.91 Å². The normalized spacial score (nSPS) is 15.7. The van der Waals surface area contributed by atoms with Gasteiger partial charge in [-0.2, -0.15) is 0 Å². The number of aromatic hydroxyl groups is 1. The zero-order chi connectivity index (χ0) is 17.6. The number of allylic oxidation sites excluding steroid dienone is 1. The lowest BCUT2D eigenvalue weighted by Gasteiger charge is -2.41. The monoisotopic (exact) mass is 361 g/mol. The van der Waals surface area contributed by atoms with Gasteiger partial charge in [-0.1, -0.05) is 29.3 Å². The van der Waals surface area contributed by atoms with E-state index in [0.29, 0.717) is 15.6 Å². The summed E-state index contributed by atoms with van der Waals surface area (Å²) < 4.78 is 0. The molecule has 0 aliphatic carbocycles. The Bertz CT molecular complexity index is 872. The van der Waals surface area contributed by atoms with E-state index in [1.807, 2.05) is 26.8 Å². The number of nitrogens with zero attached hydrogens (tertiary/aromatic N) is 1. The van der Waals surface area contributed by atoms with Crippen LogP contribution in [0.15, 0.2) is 42.5 Å². The van der Waals surface area contributed by atoms with Crippen molar-refractivity contribution in [3.05, 3.63) is 63.6 Å². The molecule has 0 unspecified atom stereocenters. The first kappa shape index (κ1) is 16.9. The van der Waals surface area contributed by atoms with Gasteiger partial charge in [0.05, 0.1) is 21.8 Å². The number of rotatable bonds is 1. The average molecular weight is 362 g/mol. The van der Waals surface area contributed by atoms with Crippen LogP contribution in [0.5, 0.6) is 5.75 Å². The molecule has 0 saturated carbocycles. The van der Waals surface area contributed by atoms with Gasteiger partial charge in [0.1, 0.15) is 5.75 Å². The van der Waals surface area contributed by atoms with Gasteiger partial charge in [0, 0.05) is 10.6 Å². The van der Waals surface area contributed by atoms with Gasteiger partial charge in [0.2, 0.25) is 0 Å². The molecule has 1 N–H and O–H groups in total. The molecule has 124 valence electrons. The topological polar surface area (TPSA) is 40.5 Å². The van der Waals surface area contributed by atoms with Crippen LogP contribution in [-0.4, -0.2) is 16.6 Å². The number of carbonyl (C=O) groups excluding carboxylic acids is 1. The molecule has 0 radical (unpaired) electrons. The van der Waals surface area contributed by atoms with E-state index in [0.717, 1.165) is 16.8 Å². The van der Waals surface area contributed by atoms with Crippen molar-refractivity contribution in [1.82, 2.24) is 0 Å². The number of phenols is 1. The first-order valence-electron chi connectivity index (χ1n) is 7.53. The number of carbonyl (C=O) groups is 1. The van der Waals surface area contributed by atoms with Crippen LogP contribution in [0.2, 0.25) is 10.0 Å². The summed E-state index contributed by atoms with van der Waals surface area (Å²) in [5.74, 6) is -0.0458. The number of hydrogen-bond acceptors (Lipinski definition) is 2. The fourth-order valence-corrected chi connectivity index (χ4v) is 3.66. The average Bonchev–Trinajstić information content (AvgIpc) is 2.47. The Morgan fingerprint density at radius 3 is 2.50 bits per heavy atom. The molecule has 1 heterocycles. The predicted molar refractivity (Wildman–Crippen MR) is 99.1 cm³/mol. The molecule has 0 spiro atoms. The van der Waals surface area contributed by atoms with Crippen LogP contribution < -0.4 is 4.90 Å². The minimum Gasteiger partial charge on any atom is -0.508 e. The molecule has 2 aromatic rings. The van der Waals surface area contributed by atoms with Crippen molar-refractivity contribution in [1.29, 1.82) is 0 Å². The van der Waals surface area contributed by atoms with Crippen molar-refractivity contribution >= 4 is 40.4 Å². The summed E-state index contributed by atoms with van der Waals surface area (Å²) in [4.78, 5) is 14.9. The highest BCUT2D eigenvalue weighted by atomic mass is 35.5. The van der Waals surface area contributed by atoms with E-state index >= 15 is 0 Å². The molecule has 0 fully saturated rings. The quantitative estimate of drug-likeness (QED) is 0.723. The Labute approximate surface area is 151 Å². The van der Waals surface area contributed by atoms with E-state index in [4.69, 9.17) is 23.2 Å². The maximum Gasteiger partial charge on any atom is 0.260 e. The first-order chi connectivity index (χ1) is 11.2. The fraction of sp³-hybridized carbons (Fsp3) is 0.211. The lowest BCUT2D eigenvalue weighted by molar-refractivity contribution is 0.0970. The first-order valence-corrected chi connectivity index (χ1v) is 8.29. The molecular formula is C19H17Cl2NO2. The van der Waals surface area contributed by atoms with Crippen LogP contribution in [0.1, 0.15) is 36.7 Å². The summed E-state index contributed by atoms with van der Waals surface area (Å²) >= 11 is 12.2. The largest absolute Gasteiger partial charge is 0.508 e. The molecule has 0 saturated heterocycles. The lowest BCUT2D eigenvalue weighted by atomic mass is 9.88. The molecule has 1 amide bonds. The van der Waals surface area contributed by atoms with Crippen LogP contribution >= 0.6 is 23.2 Å². The van der Waals surface area contributed by atoms with E-state index in [2.05, 4.69) is 0 Å². The van der Waals surface area contributed by atoms with Crippen LogP contribution in [-0.2, 0) is 0 Å². The minimum atomic E-state index is -0.534. The van der Waals surface area contributed by atoms with E-state index in [1.165, 1.54) is 0 Å². The van der Waals surface area contributed by atoms with Gasteiger partial charge >= 0.3 is 0 Å². The number of amides is 1. The van der Waals surface area contributed by atoms with Gasteiger partial charge in [0.15, 0.2) is 0 Å². The second kappa shape index (κ2) is 5.83. The van der Waals surface area contributed by atoms with E-state index in [-0.39, 0.29) is 11.7 Å². The molecule has 0 bridgehead atoms. The summed E-state index contributed by atoms with van der Waals surface area (Å²) in [5.41, 5.74) is 2.44. The van der Waals surface area contributed by atoms with Crippen molar-refractivity contribution in [3.63, 3.8) is 0 Å². The molecule has 1 aliphatic heterocycles. The summed E-state index contributed by atoms with van der Waals surface area (Å²) in [5, 5.41) is 10.6. The highest BCUT2D eigenvalue weighted by molar-refractivity contribution is 6.37. The summed E-state index contributed by atoms with van der Waals surface area (Å²) in [6.07, 6.45) is 2.01. The predicted octanol–water partition coefficient (Wildman–Crippen LogP) is 5.54. The van der Waals surface area contributed by atoms with E-state index < -0.39 is 5.54 Å². The molecule has 0 aromatic heterocycles. The maximum atomic E-state index is 13.2. The van der Waals surface area contributed by atoms with Gasteiger partial charge in [-0.15, -0.1) is 0 Å². The number of hydrogen-bond donors (Lipinski definition) is 1. The highest BCUT2D eigenvalue weighted by Crippen LogP contribution is 2.41.